The molecule has 190 valence electrons. The van der Waals surface area contributed by atoms with Crippen LogP contribution in [-0.2, 0) is 11.3 Å². The summed E-state index contributed by atoms with van der Waals surface area (Å²) in [6, 6.07) is 12.5. The number of nitrogens with one attached hydrogen (secondary N) is 1. The minimum Gasteiger partial charge on any atom is -0.493 e. The highest BCUT2D eigenvalue weighted by Gasteiger charge is 2.17. The van der Waals surface area contributed by atoms with E-state index in [9.17, 15) is 9.59 Å². The van der Waals surface area contributed by atoms with Crippen LogP contribution in [-0.4, -0.2) is 49.9 Å². The van der Waals surface area contributed by atoms with Crippen LogP contribution >= 0.6 is 11.3 Å². The summed E-state index contributed by atoms with van der Waals surface area (Å²) in [4.78, 5) is 31.6. The Kier molecular flexibility index (Phi) is 8.22. The lowest BCUT2D eigenvalue weighted by Crippen LogP contribution is -2.31. The Morgan fingerprint density at radius 2 is 1.81 bits per heavy atom. The fraction of sp³-hybridized carbons (Fsp3) is 0.370. The first kappa shape index (κ1) is 25.7. The quantitative estimate of drug-likeness (QED) is 0.498. The number of rotatable bonds is 8. The first-order chi connectivity index (χ1) is 17.4. The Bertz CT molecular complexity index is 1300. The number of carbonyl (C=O) groups excluding carboxylic acids is 2. The van der Waals surface area contributed by atoms with E-state index in [0.29, 0.717) is 40.5 Å². The van der Waals surface area contributed by atoms with Crippen LogP contribution < -0.4 is 19.6 Å². The van der Waals surface area contributed by atoms with Crippen LogP contribution in [0.5, 0.6) is 11.5 Å². The maximum Gasteiger partial charge on any atom is 0.279 e. The van der Waals surface area contributed by atoms with E-state index in [1.165, 1.54) is 18.4 Å². The zero-order chi connectivity index (χ0) is 25.7. The van der Waals surface area contributed by atoms with Gasteiger partial charge in [0.15, 0.2) is 16.3 Å². The maximum atomic E-state index is 13.0. The van der Waals surface area contributed by atoms with Crippen molar-refractivity contribution in [3.8, 4) is 11.5 Å². The molecule has 1 N–H and O–H groups in total. The van der Waals surface area contributed by atoms with Crippen molar-refractivity contribution in [1.29, 1.82) is 0 Å². The fourth-order valence-electron chi connectivity index (χ4n) is 4.05. The third kappa shape index (κ3) is 5.85. The number of aromatic nitrogens is 1. The molecule has 2 amide bonds. The molecule has 0 saturated carbocycles. The third-order valence-electron chi connectivity index (χ3n) is 6.29. The van der Waals surface area contributed by atoms with Gasteiger partial charge in [0, 0.05) is 34.8 Å². The van der Waals surface area contributed by atoms with Crippen LogP contribution in [0.25, 0.3) is 0 Å². The van der Waals surface area contributed by atoms with Gasteiger partial charge in [0.1, 0.15) is 0 Å². The maximum absolute atomic E-state index is 13.0. The molecule has 8 nitrogen and oxygen atoms in total. The lowest BCUT2D eigenvalue weighted by molar-refractivity contribution is 0.0857. The average Bonchev–Trinajstić information content (AvgIpc) is 3.51. The van der Waals surface area contributed by atoms with E-state index in [1.54, 1.807) is 25.3 Å². The summed E-state index contributed by atoms with van der Waals surface area (Å²) < 4.78 is 18.2. The van der Waals surface area contributed by atoms with Gasteiger partial charge in [-0.05, 0) is 62.6 Å². The molecule has 0 spiro atoms. The Hall–Kier alpha value is -3.43. The Morgan fingerprint density at radius 3 is 2.47 bits per heavy atom. The molecule has 2 heterocycles. The molecule has 1 aliphatic heterocycles. The number of amides is 2. The van der Waals surface area contributed by atoms with Gasteiger partial charge < -0.3 is 24.1 Å². The minimum absolute atomic E-state index is 0.108. The molecule has 36 heavy (non-hydrogen) atoms. The predicted molar refractivity (Wildman–Crippen MR) is 138 cm³/mol. The SMILES string of the molecule is COc1ccc(C(=O)N=c2sc(C)c(C)n2Cc2ccc(C(=O)NC[C@H]3CCCO3)cc2)cc1OC. The first-order valence-corrected chi connectivity index (χ1v) is 12.7. The van der Waals surface area contributed by atoms with Gasteiger partial charge >= 0.3 is 0 Å². The zero-order valence-corrected chi connectivity index (χ0v) is 21.8. The van der Waals surface area contributed by atoms with Gasteiger partial charge in [-0.25, -0.2) is 0 Å². The van der Waals surface area contributed by atoms with Gasteiger partial charge in [0.05, 0.1) is 26.9 Å². The first-order valence-electron chi connectivity index (χ1n) is 11.9. The molecule has 1 aromatic heterocycles. The van der Waals surface area contributed by atoms with Crippen LogP contribution in [0.1, 0.15) is 49.7 Å². The van der Waals surface area contributed by atoms with Gasteiger partial charge in [-0.15, -0.1) is 11.3 Å². The van der Waals surface area contributed by atoms with Crippen molar-refractivity contribution in [3.05, 3.63) is 74.5 Å². The van der Waals surface area contributed by atoms with Crippen molar-refractivity contribution >= 4 is 23.2 Å². The summed E-state index contributed by atoms with van der Waals surface area (Å²) in [5.41, 5.74) is 3.07. The Morgan fingerprint density at radius 1 is 1.08 bits per heavy atom. The summed E-state index contributed by atoms with van der Waals surface area (Å²) in [5, 5.41) is 2.95. The molecule has 3 aromatic rings. The molecule has 1 saturated heterocycles. The molecule has 0 aliphatic carbocycles. The summed E-state index contributed by atoms with van der Waals surface area (Å²) in [5.74, 6) is 0.563. The number of thiazole rings is 1. The predicted octanol–water partition coefficient (Wildman–Crippen LogP) is 3.88. The highest BCUT2D eigenvalue weighted by Crippen LogP contribution is 2.27. The van der Waals surface area contributed by atoms with Crippen molar-refractivity contribution in [1.82, 2.24) is 9.88 Å². The van der Waals surface area contributed by atoms with Crippen LogP contribution in [0.2, 0.25) is 0 Å². The molecule has 0 bridgehead atoms. The van der Waals surface area contributed by atoms with Crippen molar-refractivity contribution in [2.45, 2.75) is 39.3 Å². The van der Waals surface area contributed by atoms with E-state index in [2.05, 4.69) is 10.3 Å². The second-order valence-electron chi connectivity index (χ2n) is 8.64. The van der Waals surface area contributed by atoms with Crippen molar-refractivity contribution < 1.29 is 23.8 Å². The van der Waals surface area contributed by atoms with Gasteiger partial charge in [0.2, 0.25) is 0 Å². The molecular weight excluding hydrogens is 478 g/mol. The minimum atomic E-state index is -0.357. The van der Waals surface area contributed by atoms with E-state index < -0.39 is 0 Å². The molecule has 1 atom stereocenters. The van der Waals surface area contributed by atoms with Crippen LogP contribution in [0.3, 0.4) is 0 Å². The number of aryl methyl sites for hydroxylation is 1. The highest BCUT2D eigenvalue weighted by molar-refractivity contribution is 7.09. The summed E-state index contributed by atoms with van der Waals surface area (Å²) in [7, 11) is 3.08. The molecule has 4 rings (SSSR count). The normalized spacial score (nSPS) is 15.7. The van der Waals surface area contributed by atoms with E-state index in [4.69, 9.17) is 14.2 Å². The van der Waals surface area contributed by atoms with Crippen molar-refractivity contribution in [2.75, 3.05) is 27.4 Å². The topological polar surface area (TPSA) is 91.2 Å². The van der Waals surface area contributed by atoms with Gasteiger partial charge in [-0.1, -0.05) is 12.1 Å². The number of benzene rings is 2. The van der Waals surface area contributed by atoms with E-state index >= 15 is 0 Å². The molecule has 1 aliphatic rings. The number of nitrogens with zero attached hydrogens (tertiary/aromatic N) is 2. The molecule has 1 fully saturated rings. The Balaban J connectivity index is 1.51. The number of methoxy groups -OCH3 is 2. The smallest absolute Gasteiger partial charge is 0.279 e. The lowest BCUT2D eigenvalue weighted by atomic mass is 10.1. The third-order valence-corrected chi connectivity index (χ3v) is 7.38. The largest absolute Gasteiger partial charge is 0.493 e. The van der Waals surface area contributed by atoms with Gasteiger partial charge in [-0.3, -0.25) is 9.59 Å². The second kappa shape index (κ2) is 11.5. The number of hydrogen-bond acceptors (Lipinski definition) is 6. The summed E-state index contributed by atoms with van der Waals surface area (Å²) in [6.45, 7) is 5.86. The average molecular weight is 510 g/mol. The number of carbonyl (C=O) groups is 2. The molecular formula is C27H31N3O5S. The van der Waals surface area contributed by atoms with Crippen molar-refractivity contribution in [3.63, 3.8) is 0 Å². The molecule has 9 heteroatoms. The van der Waals surface area contributed by atoms with Gasteiger partial charge in [-0.2, -0.15) is 4.99 Å². The van der Waals surface area contributed by atoms with Crippen LogP contribution in [0.15, 0.2) is 47.5 Å². The van der Waals surface area contributed by atoms with Gasteiger partial charge in [0.25, 0.3) is 11.8 Å². The fourth-order valence-corrected chi connectivity index (χ4v) is 5.02. The number of ether oxygens (including phenoxy) is 3. The van der Waals surface area contributed by atoms with E-state index in [0.717, 1.165) is 35.6 Å². The van der Waals surface area contributed by atoms with E-state index in [1.807, 2.05) is 42.7 Å². The monoisotopic (exact) mass is 509 g/mol. The zero-order valence-electron chi connectivity index (χ0n) is 21.0. The summed E-state index contributed by atoms with van der Waals surface area (Å²) >= 11 is 1.47. The van der Waals surface area contributed by atoms with Crippen LogP contribution in [0, 0.1) is 13.8 Å². The second-order valence-corrected chi connectivity index (χ2v) is 9.82. The standard InChI is InChI=1S/C27H31N3O5S/c1-17-18(2)36-27(29-26(32)21-11-12-23(33-3)24(14-21)34-4)30(17)16-19-7-9-20(10-8-19)25(31)28-15-22-6-5-13-35-22/h7-12,14,22H,5-6,13,15-16H2,1-4H3,(H,28,31)/t22-/m1/s1. The van der Waals surface area contributed by atoms with Crippen LogP contribution in [0.4, 0.5) is 0 Å². The molecule has 2 aromatic carbocycles. The number of hydrogen-bond donors (Lipinski definition) is 1. The van der Waals surface area contributed by atoms with Crippen molar-refractivity contribution in [2.24, 2.45) is 4.99 Å². The molecule has 0 unspecified atom stereocenters. The Labute approximate surface area is 214 Å². The molecule has 0 radical (unpaired) electrons. The highest BCUT2D eigenvalue weighted by atomic mass is 32.1. The van der Waals surface area contributed by atoms with E-state index in [-0.39, 0.29) is 17.9 Å². The lowest BCUT2D eigenvalue weighted by Gasteiger charge is -2.11. The summed E-state index contributed by atoms with van der Waals surface area (Å²) in [6.07, 6.45) is 2.14.